The first-order valence-electron chi connectivity index (χ1n) is 6.64. The molecule has 0 atom stereocenters. The van der Waals surface area contributed by atoms with Crippen LogP contribution < -0.4 is 14.9 Å². The minimum absolute atomic E-state index is 0.253. The topological polar surface area (TPSA) is 88.6 Å². The van der Waals surface area contributed by atoms with E-state index in [-0.39, 0.29) is 12.7 Å². The Balaban J connectivity index is 1.54. The fraction of sp³-hybridized carbons (Fsp3) is 0.133. The number of nitrogens with zero attached hydrogens (tertiary/aromatic N) is 2. The summed E-state index contributed by atoms with van der Waals surface area (Å²) in [5, 5.41) is 10.4. The molecule has 0 unspecified atom stereocenters. The van der Waals surface area contributed by atoms with Crippen LogP contribution in [0.5, 0.6) is 11.5 Å². The van der Waals surface area contributed by atoms with E-state index in [2.05, 4.69) is 20.7 Å². The van der Waals surface area contributed by atoms with Gasteiger partial charge < -0.3 is 9.47 Å². The maximum Gasteiger partial charge on any atom is 0.291 e. The van der Waals surface area contributed by atoms with E-state index in [1.807, 2.05) is 31.2 Å². The smallest absolute Gasteiger partial charge is 0.291 e. The number of allylic oxidation sites excluding steroid dienone is 1. The maximum absolute atomic E-state index is 11.7. The summed E-state index contributed by atoms with van der Waals surface area (Å²) in [7, 11) is 0. The molecule has 2 N–H and O–H groups in total. The Hall–Kier alpha value is -3.09. The van der Waals surface area contributed by atoms with Gasteiger partial charge >= 0.3 is 0 Å². The van der Waals surface area contributed by atoms with Gasteiger partial charge in [0.15, 0.2) is 17.2 Å². The minimum atomic E-state index is -0.364. The van der Waals surface area contributed by atoms with Crippen molar-refractivity contribution < 1.29 is 14.3 Å². The number of aryl methyl sites for hydroxylation is 1. The van der Waals surface area contributed by atoms with Crippen molar-refractivity contribution in [2.45, 2.75) is 6.92 Å². The largest absolute Gasteiger partial charge is 0.454 e. The van der Waals surface area contributed by atoms with E-state index < -0.39 is 0 Å². The Morgan fingerprint density at radius 1 is 1.36 bits per heavy atom. The number of carbonyl (C=O) groups excluding carboxylic acids is 1. The van der Waals surface area contributed by atoms with Crippen LogP contribution in [-0.2, 0) is 0 Å². The minimum Gasteiger partial charge on any atom is -0.454 e. The van der Waals surface area contributed by atoms with Gasteiger partial charge in [0.1, 0.15) is 0 Å². The SMILES string of the molecule is Cc1cc(C(=O)NN=C/C=C/c2ccc3c(c2)OCO3)n[nH]1. The second-order valence-corrected chi connectivity index (χ2v) is 4.63. The monoisotopic (exact) mass is 298 g/mol. The van der Waals surface area contributed by atoms with Crippen molar-refractivity contribution >= 4 is 18.2 Å². The summed E-state index contributed by atoms with van der Waals surface area (Å²) >= 11 is 0. The van der Waals surface area contributed by atoms with Crippen LogP contribution in [-0.4, -0.2) is 29.1 Å². The van der Waals surface area contributed by atoms with Gasteiger partial charge in [-0.3, -0.25) is 9.89 Å². The highest BCUT2D eigenvalue weighted by Gasteiger charge is 2.12. The van der Waals surface area contributed by atoms with E-state index in [0.29, 0.717) is 5.69 Å². The Morgan fingerprint density at radius 2 is 2.23 bits per heavy atom. The second kappa shape index (κ2) is 6.13. The number of aromatic nitrogens is 2. The fourth-order valence-corrected chi connectivity index (χ4v) is 1.90. The number of H-pyrrole nitrogens is 1. The van der Waals surface area contributed by atoms with Gasteiger partial charge in [-0.05, 0) is 36.8 Å². The van der Waals surface area contributed by atoms with Crippen molar-refractivity contribution in [3.63, 3.8) is 0 Å². The molecule has 0 bridgehead atoms. The molecule has 1 aliphatic heterocycles. The second-order valence-electron chi connectivity index (χ2n) is 4.63. The van der Waals surface area contributed by atoms with Crippen molar-refractivity contribution in [1.29, 1.82) is 0 Å². The molecule has 0 radical (unpaired) electrons. The Kier molecular flexibility index (Phi) is 3.86. The van der Waals surface area contributed by atoms with Gasteiger partial charge in [-0.25, -0.2) is 5.43 Å². The van der Waals surface area contributed by atoms with Crippen molar-refractivity contribution in [2.24, 2.45) is 5.10 Å². The Bertz CT molecular complexity index is 749. The quantitative estimate of drug-likeness (QED) is 0.666. The van der Waals surface area contributed by atoms with E-state index in [9.17, 15) is 4.79 Å². The lowest BCUT2D eigenvalue weighted by atomic mass is 10.2. The van der Waals surface area contributed by atoms with E-state index in [1.165, 1.54) is 6.21 Å². The third-order valence-electron chi connectivity index (χ3n) is 2.95. The Morgan fingerprint density at radius 3 is 3.05 bits per heavy atom. The van der Waals surface area contributed by atoms with Gasteiger partial charge in [0, 0.05) is 11.9 Å². The number of rotatable bonds is 4. The number of fused-ring (bicyclic) bond motifs is 1. The molecule has 0 saturated heterocycles. The normalized spacial score (nSPS) is 13.1. The lowest BCUT2D eigenvalue weighted by Gasteiger charge is -1.96. The average molecular weight is 298 g/mol. The van der Waals surface area contributed by atoms with Gasteiger partial charge in [0.25, 0.3) is 5.91 Å². The molecule has 1 aliphatic rings. The number of benzene rings is 1. The predicted molar refractivity (Wildman–Crippen MR) is 80.9 cm³/mol. The molecule has 7 nitrogen and oxygen atoms in total. The highest BCUT2D eigenvalue weighted by Crippen LogP contribution is 2.32. The number of amides is 1. The van der Waals surface area contributed by atoms with Crippen molar-refractivity contribution in [3.05, 3.63) is 47.3 Å². The summed E-state index contributed by atoms with van der Waals surface area (Å²) in [5.74, 6) is 1.10. The van der Waals surface area contributed by atoms with Gasteiger partial charge in [0.05, 0.1) is 0 Å². The molecule has 0 aliphatic carbocycles. The van der Waals surface area contributed by atoms with Crippen molar-refractivity contribution in [1.82, 2.24) is 15.6 Å². The number of ether oxygens (including phenoxy) is 2. The molecule has 2 heterocycles. The first-order valence-corrected chi connectivity index (χ1v) is 6.64. The van der Waals surface area contributed by atoms with E-state index >= 15 is 0 Å². The number of aromatic amines is 1. The summed E-state index contributed by atoms with van der Waals surface area (Å²) in [6, 6.07) is 7.27. The third-order valence-corrected chi connectivity index (χ3v) is 2.95. The molecule has 0 fully saturated rings. The number of hydrazone groups is 1. The molecule has 0 spiro atoms. The van der Waals surface area contributed by atoms with E-state index in [1.54, 1.807) is 12.1 Å². The zero-order valence-corrected chi connectivity index (χ0v) is 11.9. The van der Waals surface area contributed by atoms with Crippen LogP contribution in [0.25, 0.3) is 6.08 Å². The predicted octanol–water partition coefficient (Wildman–Crippen LogP) is 1.88. The van der Waals surface area contributed by atoms with Crippen LogP contribution in [0.3, 0.4) is 0 Å². The lowest BCUT2D eigenvalue weighted by molar-refractivity contribution is 0.0950. The molecule has 3 rings (SSSR count). The number of hydrogen-bond acceptors (Lipinski definition) is 5. The van der Waals surface area contributed by atoms with Crippen LogP contribution in [0.4, 0.5) is 0 Å². The van der Waals surface area contributed by atoms with Crippen LogP contribution in [0.1, 0.15) is 21.7 Å². The summed E-state index contributed by atoms with van der Waals surface area (Å²) in [5.41, 5.74) is 4.46. The summed E-state index contributed by atoms with van der Waals surface area (Å²) in [4.78, 5) is 11.7. The summed E-state index contributed by atoms with van der Waals surface area (Å²) < 4.78 is 10.5. The van der Waals surface area contributed by atoms with Gasteiger partial charge in [-0.15, -0.1) is 0 Å². The van der Waals surface area contributed by atoms with Crippen LogP contribution in [0.15, 0.2) is 35.4 Å². The number of nitrogens with one attached hydrogen (secondary N) is 2. The molecule has 1 aromatic carbocycles. The van der Waals surface area contributed by atoms with Gasteiger partial charge in [-0.2, -0.15) is 10.2 Å². The average Bonchev–Trinajstić information content (AvgIpc) is 3.14. The Labute approximate surface area is 126 Å². The van der Waals surface area contributed by atoms with E-state index in [0.717, 1.165) is 22.8 Å². The molecular formula is C15H14N4O3. The first kappa shape index (κ1) is 13.9. The highest BCUT2D eigenvalue weighted by molar-refractivity contribution is 5.93. The van der Waals surface area contributed by atoms with Crippen LogP contribution >= 0.6 is 0 Å². The molecule has 0 saturated carbocycles. The lowest BCUT2D eigenvalue weighted by Crippen LogP contribution is -2.17. The molecule has 1 aromatic heterocycles. The molecule has 22 heavy (non-hydrogen) atoms. The molecule has 112 valence electrons. The number of carbonyl (C=O) groups is 1. The van der Waals surface area contributed by atoms with E-state index in [4.69, 9.17) is 9.47 Å². The molecule has 1 amide bonds. The molecular weight excluding hydrogens is 284 g/mol. The van der Waals surface area contributed by atoms with Gasteiger partial charge in [-0.1, -0.05) is 12.1 Å². The molecule has 2 aromatic rings. The highest BCUT2D eigenvalue weighted by atomic mass is 16.7. The fourth-order valence-electron chi connectivity index (χ4n) is 1.90. The van der Waals surface area contributed by atoms with Crippen LogP contribution in [0.2, 0.25) is 0 Å². The zero-order valence-electron chi connectivity index (χ0n) is 11.9. The zero-order chi connectivity index (χ0) is 15.4. The maximum atomic E-state index is 11.7. The summed E-state index contributed by atoms with van der Waals surface area (Å²) in [6.07, 6.45) is 5.05. The van der Waals surface area contributed by atoms with Crippen LogP contribution in [0, 0.1) is 6.92 Å². The van der Waals surface area contributed by atoms with Crippen molar-refractivity contribution in [3.8, 4) is 11.5 Å². The number of hydrogen-bond donors (Lipinski definition) is 2. The van der Waals surface area contributed by atoms with Crippen molar-refractivity contribution in [2.75, 3.05) is 6.79 Å². The summed E-state index contributed by atoms with van der Waals surface area (Å²) in [6.45, 7) is 2.07. The standard InChI is InChI=1S/C15H14N4O3/c1-10-7-12(18-17-10)15(20)19-16-6-2-3-11-4-5-13-14(8-11)22-9-21-13/h2-8H,9H2,1H3,(H,17,18)(H,19,20)/b3-2+,16-6?. The van der Waals surface area contributed by atoms with Gasteiger partial charge in [0.2, 0.25) is 6.79 Å². The first-order chi connectivity index (χ1) is 10.7. The third kappa shape index (κ3) is 3.14. The molecule has 7 heteroatoms.